The van der Waals surface area contributed by atoms with Gasteiger partial charge >= 0.3 is 0 Å². The lowest BCUT2D eigenvalue weighted by Gasteiger charge is -2.31. The van der Waals surface area contributed by atoms with Crippen LogP contribution < -0.4 is 5.32 Å². The van der Waals surface area contributed by atoms with Gasteiger partial charge in [-0.2, -0.15) is 0 Å². The molecule has 1 unspecified atom stereocenters. The molecule has 0 aliphatic carbocycles. The molecule has 0 spiro atoms. The number of nitrogens with one attached hydrogen (secondary N) is 1. The van der Waals surface area contributed by atoms with Crippen LogP contribution in [0.2, 0.25) is 5.02 Å². The van der Waals surface area contributed by atoms with Crippen molar-refractivity contribution in [2.24, 2.45) is 0 Å². The van der Waals surface area contributed by atoms with Crippen LogP contribution in [-0.2, 0) is 22.6 Å². The van der Waals surface area contributed by atoms with E-state index < -0.39 is 6.04 Å². The predicted octanol–water partition coefficient (Wildman–Crippen LogP) is 4.21. The van der Waals surface area contributed by atoms with E-state index in [-0.39, 0.29) is 24.3 Å². The first-order valence-corrected chi connectivity index (χ1v) is 9.67. The number of halogens is 1. The minimum absolute atomic E-state index is 0.0174. The zero-order chi connectivity index (χ0) is 19.8. The van der Waals surface area contributed by atoms with Crippen LogP contribution in [0.3, 0.4) is 0 Å². The molecule has 27 heavy (non-hydrogen) atoms. The number of hydrogen-bond donors (Lipinski definition) is 1. The van der Waals surface area contributed by atoms with Crippen LogP contribution in [0.4, 0.5) is 0 Å². The summed E-state index contributed by atoms with van der Waals surface area (Å²) in [5.74, 6) is -0.242. The summed E-state index contributed by atoms with van der Waals surface area (Å²) >= 11 is 6.23. The van der Waals surface area contributed by atoms with E-state index >= 15 is 0 Å². The number of rotatable bonds is 8. The quantitative estimate of drug-likeness (QED) is 0.738. The second-order valence-corrected chi connectivity index (χ2v) is 7.27. The van der Waals surface area contributed by atoms with Crippen LogP contribution >= 0.6 is 11.6 Å². The van der Waals surface area contributed by atoms with Crippen molar-refractivity contribution in [3.8, 4) is 0 Å². The van der Waals surface area contributed by atoms with Gasteiger partial charge < -0.3 is 10.2 Å². The summed E-state index contributed by atoms with van der Waals surface area (Å²) in [6, 6.07) is 16.5. The summed E-state index contributed by atoms with van der Waals surface area (Å²) in [7, 11) is 0. The maximum atomic E-state index is 13.1. The number of hydrogen-bond acceptors (Lipinski definition) is 2. The smallest absolute Gasteiger partial charge is 0.243 e. The van der Waals surface area contributed by atoms with Gasteiger partial charge in [-0.1, -0.05) is 67.1 Å². The summed E-state index contributed by atoms with van der Waals surface area (Å²) in [4.78, 5) is 27.5. The van der Waals surface area contributed by atoms with Crippen molar-refractivity contribution < 1.29 is 9.59 Å². The highest BCUT2D eigenvalue weighted by Gasteiger charge is 2.29. The summed E-state index contributed by atoms with van der Waals surface area (Å²) < 4.78 is 0. The molecular weight excluding hydrogens is 360 g/mol. The Balaban J connectivity index is 2.28. The Kier molecular flexibility index (Phi) is 7.86. The molecule has 0 radical (unpaired) electrons. The lowest BCUT2D eigenvalue weighted by Crippen LogP contribution is -2.50. The molecule has 1 atom stereocenters. The number of amides is 2. The average Bonchev–Trinajstić information content (AvgIpc) is 2.63. The molecule has 2 amide bonds. The van der Waals surface area contributed by atoms with Crippen LogP contribution in [0.15, 0.2) is 54.6 Å². The van der Waals surface area contributed by atoms with E-state index in [2.05, 4.69) is 5.32 Å². The predicted molar refractivity (Wildman–Crippen MR) is 110 cm³/mol. The first-order valence-electron chi connectivity index (χ1n) is 9.29. The van der Waals surface area contributed by atoms with E-state index in [1.807, 2.05) is 69.3 Å². The van der Waals surface area contributed by atoms with E-state index in [0.29, 0.717) is 18.0 Å². The Hall–Kier alpha value is -2.33. The Morgan fingerprint density at radius 2 is 1.67 bits per heavy atom. The van der Waals surface area contributed by atoms with Crippen molar-refractivity contribution >= 4 is 23.4 Å². The fourth-order valence-corrected chi connectivity index (χ4v) is 3.19. The summed E-state index contributed by atoms with van der Waals surface area (Å²) in [6.07, 6.45) is 0.706. The minimum atomic E-state index is -0.525. The van der Waals surface area contributed by atoms with E-state index in [1.54, 1.807) is 11.0 Å². The lowest BCUT2D eigenvalue weighted by atomic mass is 10.1. The van der Waals surface area contributed by atoms with Gasteiger partial charge in [0.2, 0.25) is 11.8 Å². The molecule has 1 N–H and O–H groups in total. The molecule has 2 rings (SSSR count). The highest BCUT2D eigenvalue weighted by Crippen LogP contribution is 2.19. The van der Waals surface area contributed by atoms with Crippen molar-refractivity contribution in [1.29, 1.82) is 0 Å². The standard InChI is InChI=1S/C22H27ClN2O2/c1-4-20(22(27)24-16(2)3)25(15-17-10-6-5-7-11-17)21(26)14-18-12-8-9-13-19(18)23/h5-13,16,20H,4,14-15H2,1-3H3,(H,24,27). The highest BCUT2D eigenvalue weighted by atomic mass is 35.5. The molecule has 5 heteroatoms. The molecule has 2 aromatic carbocycles. The maximum Gasteiger partial charge on any atom is 0.243 e. The molecule has 144 valence electrons. The van der Waals surface area contributed by atoms with Crippen LogP contribution in [0, 0.1) is 0 Å². The van der Waals surface area contributed by atoms with Crippen LogP contribution in [-0.4, -0.2) is 28.8 Å². The van der Waals surface area contributed by atoms with Crippen LogP contribution in [0.1, 0.15) is 38.3 Å². The third-order valence-electron chi connectivity index (χ3n) is 4.31. The molecule has 0 saturated carbocycles. The Bertz CT molecular complexity index is 762. The Morgan fingerprint density at radius 3 is 2.26 bits per heavy atom. The van der Waals surface area contributed by atoms with Gasteiger partial charge in [-0.25, -0.2) is 0 Å². The Labute approximate surface area is 166 Å². The van der Waals surface area contributed by atoms with E-state index in [1.165, 1.54) is 0 Å². The van der Waals surface area contributed by atoms with Crippen LogP contribution in [0.25, 0.3) is 0 Å². The second-order valence-electron chi connectivity index (χ2n) is 6.86. The Morgan fingerprint density at radius 1 is 1.04 bits per heavy atom. The topological polar surface area (TPSA) is 49.4 Å². The molecule has 0 saturated heterocycles. The molecule has 0 aliphatic rings. The first kappa shape index (κ1) is 21.0. The fraction of sp³-hybridized carbons (Fsp3) is 0.364. The van der Waals surface area contributed by atoms with Gasteiger partial charge in [0.25, 0.3) is 0 Å². The van der Waals surface area contributed by atoms with Crippen molar-refractivity contribution in [2.75, 3.05) is 0 Å². The van der Waals surface area contributed by atoms with Gasteiger partial charge in [-0.15, -0.1) is 0 Å². The monoisotopic (exact) mass is 386 g/mol. The van der Waals surface area contributed by atoms with Gasteiger partial charge in [-0.3, -0.25) is 9.59 Å². The van der Waals surface area contributed by atoms with Gasteiger partial charge in [0.05, 0.1) is 6.42 Å². The van der Waals surface area contributed by atoms with Crippen molar-refractivity contribution in [2.45, 2.75) is 52.2 Å². The summed E-state index contributed by atoms with van der Waals surface area (Å²) in [5, 5.41) is 3.49. The maximum absolute atomic E-state index is 13.1. The summed E-state index contributed by atoms with van der Waals surface area (Å²) in [6.45, 7) is 6.13. The third-order valence-corrected chi connectivity index (χ3v) is 4.68. The lowest BCUT2D eigenvalue weighted by molar-refractivity contribution is -0.141. The normalized spacial score (nSPS) is 11.9. The largest absolute Gasteiger partial charge is 0.352 e. The molecule has 4 nitrogen and oxygen atoms in total. The number of nitrogens with zero attached hydrogens (tertiary/aromatic N) is 1. The summed E-state index contributed by atoms with van der Waals surface area (Å²) in [5.41, 5.74) is 1.75. The van der Waals surface area contributed by atoms with E-state index in [0.717, 1.165) is 11.1 Å². The number of carbonyl (C=O) groups excluding carboxylic acids is 2. The average molecular weight is 387 g/mol. The fourth-order valence-electron chi connectivity index (χ4n) is 2.99. The molecule has 0 aliphatic heterocycles. The van der Waals surface area contributed by atoms with E-state index in [9.17, 15) is 9.59 Å². The van der Waals surface area contributed by atoms with Gasteiger partial charge in [0.1, 0.15) is 6.04 Å². The van der Waals surface area contributed by atoms with Gasteiger partial charge in [0, 0.05) is 17.6 Å². The number of benzene rings is 2. The molecule has 0 aromatic heterocycles. The molecule has 0 fully saturated rings. The molecule has 0 bridgehead atoms. The van der Waals surface area contributed by atoms with Crippen molar-refractivity contribution in [3.63, 3.8) is 0 Å². The van der Waals surface area contributed by atoms with E-state index in [4.69, 9.17) is 11.6 Å². The number of carbonyl (C=O) groups is 2. The molecule has 0 heterocycles. The molecule has 2 aromatic rings. The van der Waals surface area contributed by atoms with Crippen LogP contribution in [0.5, 0.6) is 0 Å². The molecular formula is C22H27ClN2O2. The zero-order valence-electron chi connectivity index (χ0n) is 16.1. The van der Waals surface area contributed by atoms with Crippen molar-refractivity contribution in [1.82, 2.24) is 10.2 Å². The first-order chi connectivity index (χ1) is 12.9. The SMILES string of the molecule is CCC(C(=O)NC(C)C)N(Cc1ccccc1)C(=O)Cc1ccccc1Cl. The van der Waals surface area contributed by atoms with Gasteiger partial charge in [-0.05, 0) is 37.5 Å². The third kappa shape index (κ3) is 6.10. The van der Waals surface area contributed by atoms with Gasteiger partial charge in [0.15, 0.2) is 0 Å². The second kappa shape index (κ2) is 10.1. The zero-order valence-corrected chi connectivity index (χ0v) is 16.9. The van der Waals surface area contributed by atoms with Crippen molar-refractivity contribution in [3.05, 3.63) is 70.7 Å². The minimum Gasteiger partial charge on any atom is -0.352 e. The highest BCUT2D eigenvalue weighted by molar-refractivity contribution is 6.31.